The molecule has 1 aromatic carbocycles. The summed E-state index contributed by atoms with van der Waals surface area (Å²) in [6, 6.07) is 10.2. The fourth-order valence-electron chi connectivity index (χ4n) is 2.38. The summed E-state index contributed by atoms with van der Waals surface area (Å²) in [7, 11) is 1.75. The highest BCUT2D eigenvalue weighted by Gasteiger charge is 2.09. The normalized spacial score (nSPS) is 11.2. The van der Waals surface area contributed by atoms with Gasteiger partial charge in [-0.25, -0.2) is 4.98 Å². The number of H-pyrrole nitrogens is 1. The number of methoxy groups -OCH3 is 1. The van der Waals surface area contributed by atoms with Gasteiger partial charge in [-0.2, -0.15) is 0 Å². The van der Waals surface area contributed by atoms with Crippen molar-refractivity contribution in [3.63, 3.8) is 0 Å². The van der Waals surface area contributed by atoms with Gasteiger partial charge in [-0.05, 0) is 37.1 Å². The third-order valence-electron chi connectivity index (χ3n) is 3.72. The van der Waals surface area contributed by atoms with Crippen molar-refractivity contribution in [2.24, 2.45) is 0 Å². The number of hydrogen-bond acceptors (Lipinski definition) is 5. The van der Waals surface area contributed by atoms with E-state index in [4.69, 9.17) is 4.74 Å². The Morgan fingerprint density at radius 2 is 2.04 bits per heavy atom. The zero-order valence-corrected chi connectivity index (χ0v) is 15.5. The van der Waals surface area contributed by atoms with Crippen LogP contribution in [0.2, 0.25) is 0 Å². The number of nitrogens with one attached hydrogen (secondary N) is 1. The largest absolute Gasteiger partial charge is 0.385 e. The van der Waals surface area contributed by atoms with E-state index in [1.54, 1.807) is 18.9 Å². The number of para-hydroxylation sites is 2. The Morgan fingerprint density at radius 1 is 1.17 bits per heavy atom. The van der Waals surface area contributed by atoms with Crippen LogP contribution in [-0.2, 0) is 10.5 Å². The van der Waals surface area contributed by atoms with E-state index in [-0.39, 0.29) is 0 Å². The Balaban J connectivity index is 1.64. The van der Waals surface area contributed by atoms with E-state index in [2.05, 4.69) is 27.9 Å². The molecule has 0 radical (unpaired) electrons. The molecule has 1 N–H and O–H groups in total. The summed E-state index contributed by atoms with van der Waals surface area (Å²) in [5.74, 6) is 1.88. The van der Waals surface area contributed by atoms with Crippen LogP contribution in [0.25, 0.3) is 11.0 Å². The van der Waals surface area contributed by atoms with Crippen LogP contribution in [0.3, 0.4) is 0 Å². The second kappa shape index (κ2) is 8.55. The molecule has 0 aliphatic heterocycles. The summed E-state index contributed by atoms with van der Waals surface area (Å²) in [6.07, 6.45) is 2.96. The molecule has 0 saturated carbocycles. The standard InChI is InChI=1S/C18H21N3OS2/c1-13-16(19-9-8-17(13)23-11-5-10-22-2)12-24-18-20-14-6-3-4-7-15(14)21-18/h3-4,6-9H,5,10-12H2,1-2H3,(H,20,21). The van der Waals surface area contributed by atoms with E-state index in [1.807, 2.05) is 42.2 Å². The van der Waals surface area contributed by atoms with Gasteiger partial charge in [0.2, 0.25) is 0 Å². The van der Waals surface area contributed by atoms with Crippen molar-refractivity contribution in [3.8, 4) is 0 Å². The lowest BCUT2D eigenvalue weighted by molar-refractivity contribution is 0.200. The van der Waals surface area contributed by atoms with Crippen LogP contribution >= 0.6 is 23.5 Å². The summed E-state index contributed by atoms with van der Waals surface area (Å²) < 4.78 is 5.11. The van der Waals surface area contributed by atoms with Crippen molar-refractivity contribution < 1.29 is 4.74 Å². The molecule has 0 atom stereocenters. The average Bonchev–Trinajstić information content (AvgIpc) is 3.02. The van der Waals surface area contributed by atoms with Gasteiger partial charge in [0.05, 0.1) is 16.7 Å². The van der Waals surface area contributed by atoms with Gasteiger partial charge in [0.1, 0.15) is 0 Å². The van der Waals surface area contributed by atoms with Crippen LogP contribution < -0.4 is 0 Å². The number of rotatable bonds is 8. The smallest absolute Gasteiger partial charge is 0.166 e. The van der Waals surface area contributed by atoms with Crippen LogP contribution in [-0.4, -0.2) is 34.4 Å². The molecule has 2 aromatic heterocycles. The first-order valence-corrected chi connectivity index (χ1v) is 9.89. The molecule has 0 aliphatic carbocycles. The maximum absolute atomic E-state index is 5.11. The first kappa shape index (κ1) is 17.3. The van der Waals surface area contributed by atoms with Crippen molar-refractivity contribution in [3.05, 3.63) is 47.8 Å². The monoisotopic (exact) mass is 359 g/mol. The quantitative estimate of drug-likeness (QED) is 0.467. The fourth-order valence-corrected chi connectivity index (χ4v) is 4.26. The minimum absolute atomic E-state index is 0.811. The summed E-state index contributed by atoms with van der Waals surface area (Å²) in [5.41, 5.74) is 4.47. The highest BCUT2D eigenvalue weighted by Crippen LogP contribution is 2.28. The minimum Gasteiger partial charge on any atom is -0.385 e. The van der Waals surface area contributed by atoms with Gasteiger partial charge in [0, 0.05) is 36.3 Å². The van der Waals surface area contributed by atoms with Gasteiger partial charge >= 0.3 is 0 Å². The molecule has 0 fully saturated rings. The number of nitrogens with zero attached hydrogens (tertiary/aromatic N) is 2. The molecule has 126 valence electrons. The van der Waals surface area contributed by atoms with E-state index in [9.17, 15) is 0 Å². The van der Waals surface area contributed by atoms with Gasteiger partial charge in [-0.15, -0.1) is 11.8 Å². The van der Waals surface area contributed by atoms with Gasteiger partial charge in [0.15, 0.2) is 5.16 Å². The number of pyridine rings is 1. The molecule has 3 aromatic rings. The fraction of sp³-hybridized carbons (Fsp3) is 0.333. The Hall–Kier alpha value is -1.50. The number of aromatic amines is 1. The van der Waals surface area contributed by atoms with Crippen molar-refractivity contribution in [2.45, 2.75) is 29.1 Å². The Bertz CT molecular complexity index is 771. The molecule has 0 saturated heterocycles. The van der Waals surface area contributed by atoms with Crippen molar-refractivity contribution in [2.75, 3.05) is 19.5 Å². The highest BCUT2D eigenvalue weighted by atomic mass is 32.2. The second-order valence-electron chi connectivity index (χ2n) is 5.42. The zero-order valence-electron chi connectivity index (χ0n) is 13.9. The lowest BCUT2D eigenvalue weighted by Gasteiger charge is -2.09. The van der Waals surface area contributed by atoms with Gasteiger partial charge < -0.3 is 9.72 Å². The molecule has 2 heterocycles. The summed E-state index contributed by atoms with van der Waals surface area (Å²) in [6.45, 7) is 2.96. The average molecular weight is 360 g/mol. The van der Waals surface area contributed by atoms with Crippen molar-refractivity contribution in [1.29, 1.82) is 0 Å². The van der Waals surface area contributed by atoms with Crippen molar-refractivity contribution >= 4 is 34.6 Å². The molecule has 6 heteroatoms. The van der Waals surface area contributed by atoms with Crippen LogP contribution in [0.4, 0.5) is 0 Å². The molecule has 0 spiro atoms. The van der Waals surface area contributed by atoms with Gasteiger partial charge in [-0.1, -0.05) is 23.9 Å². The maximum atomic E-state index is 5.11. The third-order valence-corrected chi connectivity index (χ3v) is 5.85. The molecular formula is C18H21N3OS2. The molecule has 0 bridgehead atoms. The lowest BCUT2D eigenvalue weighted by atomic mass is 10.2. The molecule has 0 aliphatic rings. The molecule has 0 amide bonds. The molecule has 0 unspecified atom stereocenters. The Morgan fingerprint density at radius 3 is 2.88 bits per heavy atom. The summed E-state index contributed by atoms with van der Waals surface area (Å²) >= 11 is 3.57. The molecular weight excluding hydrogens is 338 g/mol. The number of hydrogen-bond donors (Lipinski definition) is 1. The van der Waals surface area contributed by atoms with Crippen LogP contribution in [0, 0.1) is 6.92 Å². The molecule has 3 rings (SSSR count). The van der Waals surface area contributed by atoms with E-state index >= 15 is 0 Å². The number of imidazole rings is 1. The number of benzene rings is 1. The maximum Gasteiger partial charge on any atom is 0.166 e. The topological polar surface area (TPSA) is 50.8 Å². The number of ether oxygens (including phenoxy) is 1. The minimum atomic E-state index is 0.811. The number of fused-ring (bicyclic) bond motifs is 1. The van der Waals surface area contributed by atoms with E-state index in [1.165, 1.54) is 10.5 Å². The second-order valence-corrected chi connectivity index (χ2v) is 7.52. The molecule has 24 heavy (non-hydrogen) atoms. The number of aromatic nitrogens is 3. The van der Waals surface area contributed by atoms with Gasteiger partial charge in [-0.3, -0.25) is 4.98 Å². The van der Waals surface area contributed by atoms with E-state index in [0.717, 1.165) is 46.4 Å². The SMILES string of the molecule is COCCCSc1ccnc(CSc2nc3ccccc3[nH]2)c1C. The Labute approximate surface area is 150 Å². The zero-order chi connectivity index (χ0) is 16.8. The predicted octanol–water partition coefficient (Wildman–Crippen LogP) is 4.69. The molecule has 4 nitrogen and oxygen atoms in total. The third kappa shape index (κ3) is 4.32. The van der Waals surface area contributed by atoms with Gasteiger partial charge in [0.25, 0.3) is 0 Å². The highest BCUT2D eigenvalue weighted by molar-refractivity contribution is 7.99. The lowest BCUT2D eigenvalue weighted by Crippen LogP contribution is -1.96. The van der Waals surface area contributed by atoms with Crippen LogP contribution in [0.5, 0.6) is 0 Å². The van der Waals surface area contributed by atoms with E-state index in [0.29, 0.717) is 0 Å². The summed E-state index contributed by atoms with van der Waals surface area (Å²) in [4.78, 5) is 13.8. The predicted molar refractivity (Wildman–Crippen MR) is 102 cm³/mol. The van der Waals surface area contributed by atoms with Crippen molar-refractivity contribution in [1.82, 2.24) is 15.0 Å². The number of thioether (sulfide) groups is 2. The summed E-state index contributed by atoms with van der Waals surface area (Å²) in [5, 5.41) is 0.940. The van der Waals surface area contributed by atoms with E-state index < -0.39 is 0 Å². The van der Waals surface area contributed by atoms with Crippen LogP contribution in [0.15, 0.2) is 46.6 Å². The first-order chi connectivity index (χ1) is 11.8. The van der Waals surface area contributed by atoms with Crippen LogP contribution in [0.1, 0.15) is 17.7 Å². The first-order valence-electron chi connectivity index (χ1n) is 7.91. The Kier molecular flexibility index (Phi) is 6.18.